The molecule has 0 spiro atoms. The molecular weight excluding hydrogens is 230 g/mol. The maximum absolute atomic E-state index is 9.06. The molecular formula is C10H16BrNO. The van der Waals surface area contributed by atoms with Gasteiger partial charge in [0, 0.05) is 5.41 Å². The van der Waals surface area contributed by atoms with Crippen molar-refractivity contribution in [3.05, 3.63) is 0 Å². The van der Waals surface area contributed by atoms with Crippen molar-refractivity contribution in [3.63, 3.8) is 0 Å². The third-order valence-electron chi connectivity index (χ3n) is 4.37. The lowest BCUT2D eigenvalue weighted by atomic mass is 9.65. The minimum atomic E-state index is -0.0139. The second kappa shape index (κ2) is 2.30. The molecule has 3 heteroatoms. The van der Waals surface area contributed by atoms with Gasteiger partial charge in [-0.3, -0.25) is 0 Å². The molecule has 2 atom stereocenters. The highest BCUT2D eigenvalue weighted by molar-refractivity contribution is 9.10. The van der Waals surface area contributed by atoms with Crippen LogP contribution in [0.25, 0.3) is 0 Å². The van der Waals surface area contributed by atoms with Gasteiger partial charge in [-0.2, -0.15) is 0 Å². The fourth-order valence-electron chi connectivity index (χ4n) is 3.07. The lowest BCUT2D eigenvalue weighted by molar-refractivity contribution is 0.179. The normalized spacial score (nSPS) is 50.3. The van der Waals surface area contributed by atoms with Gasteiger partial charge in [0.15, 0.2) is 0 Å². The van der Waals surface area contributed by atoms with Crippen molar-refractivity contribution in [2.75, 3.05) is 0 Å². The third kappa shape index (κ3) is 0.915. The standard InChI is InChI=1S/C10H16BrNO/c1-8(2)7(12-13)10(11)5-4-9(8,3)6-10/h13H,4-6H2,1-3H3/b12-7-/t9-,10-/m1/s1. The smallest absolute Gasteiger partial charge is 0.0799 e. The van der Waals surface area contributed by atoms with Gasteiger partial charge < -0.3 is 5.21 Å². The number of alkyl halides is 1. The molecule has 0 radical (unpaired) electrons. The van der Waals surface area contributed by atoms with Crippen LogP contribution >= 0.6 is 15.9 Å². The van der Waals surface area contributed by atoms with Gasteiger partial charge >= 0.3 is 0 Å². The lowest BCUT2D eigenvalue weighted by Gasteiger charge is -2.39. The van der Waals surface area contributed by atoms with Crippen LogP contribution in [-0.2, 0) is 0 Å². The minimum absolute atomic E-state index is 0.0139. The van der Waals surface area contributed by atoms with Crippen LogP contribution in [0.3, 0.4) is 0 Å². The van der Waals surface area contributed by atoms with Gasteiger partial charge in [0.2, 0.25) is 0 Å². The Morgan fingerprint density at radius 3 is 2.23 bits per heavy atom. The van der Waals surface area contributed by atoms with Gasteiger partial charge in [-0.05, 0) is 24.7 Å². The summed E-state index contributed by atoms with van der Waals surface area (Å²) in [6, 6.07) is 0. The van der Waals surface area contributed by atoms with Crippen molar-refractivity contribution < 1.29 is 5.21 Å². The van der Waals surface area contributed by atoms with Crippen molar-refractivity contribution >= 4 is 21.6 Å². The summed E-state index contributed by atoms with van der Waals surface area (Å²) < 4.78 is -0.0139. The maximum atomic E-state index is 9.06. The van der Waals surface area contributed by atoms with E-state index in [-0.39, 0.29) is 9.74 Å². The molecule has 2 fully saturated rings. The number of nitrogens with zero attached hydrogens (tertiary/aromatic N) is 1. The molecule has 0 unspecified atom stereocenters. The maximum Gasteiger partial charge on any atom is 0.0799 e. The molecule has 0 heterocycles. The third-order valence-corrected chi connectivity index (χ3v) is 5.42. The van der Waals surface area contributed by atoms with Crippen molar-refractivity contribution in [2.24, 2.45) is 16.0 Å². The Bertz CT molecular complexity index is 287. The van der Waals surface area contributed by atoms with Crippen LogP contribution in [0.4, 0.5) is 0 Å². The predicted molar refractivity (Wildman–Crippen MR) is 56.6 cm³/mol. The van der Waals surface area contributed by atoms with Crippen molar-refractivity contribution in [3.8, 4) is 0 Å². The summed E-state index contributed by atoms with van der Waals surface area (Å²) in [7, 11) is 0. The molecule has 2 nitrogen and oxygen atoms in total. The summed E-state index contributed by atoms with van der Waals surface area (Å²) in [5.41, 5.74) is 1.27. The Labute approximate surface area is 87.5 Å². The van der Waals surface area contributed by atoms with Gasteiger partial charge in [-0.25, -0.2) is 0 Å². The molecule has 2 rings (SSSR count). The molecule has 0 aromatic carbocycles. The van der Waals surface area contributed by atoms with Crippen molar-refractivity contribution in [1.82, 2.24) is 0 Å². The predicted octanol–water partition coefficient (Wildman–Crippen LogP) is 3.18. The van der Waals surface area contributed by atoms with Crippen molar-refractivity contribution in [1.29, 1.82) is 0 Å². The SMILES string of the molecule is CC1(C)/C(=N/O)[C@@]2(Br)CC[C@]1(C)C2. The van der Waals surface area contributed by atoms with E-state index in [2.05, 4.69) is 41.9 Å². The summed E-state index contributed by atoms with van der Waals surface area (Å²) in [6.45, 7) is 6.67. The van der Waals surface area contributed by atoms with E-state index in [4.69, 9.17) is 5.21 Å². The number of rotatable bonds is 0. The average molecular weight is 246 g/mol. The zero-order chi connectivity index (χ0) is 9.91. The van der Waals surface area contributed by atoms with Crippen LogP contribution in [0, 0.1) is 10.8 Å². The number of hydrogen-bond acceptors (Lipinski definition) is 2. The molecule has 13 heavy (non-hydrogen) atoms. The molecule has 0 aliphatic heterocycles. The zero-order valence-electron chi connectivity index (χ0n) is 8.39. The summed E-state index contributed by atoms with van der Waals surface area (Å²) in [5.74, 6) is 0. The number of fused-ring (bicyclic) bond motifs is 2. The highest BCUT2D eigenvalue weighted by atomic mass is 79.9. The van der Waals surface area contributed by atoms with Gasteiger partial charge in [0.1, 0.15) is 0 Å². The Morgan fingerprint density at radius 1 is 1.31 bits per heavy atom. The number of oxime groups is 1. The van der Waals surface area contributed by atoms with Crippen LogP contribution < -0.4 is 0 Å². The fourth-order valence-corrected chi connectivity index (χ4v) is 4.46. The fraction of sp³-hybridized carbons (Fsp3) is 0.900. The first-order chi connectivity index (χ1) is 5.86. The van der Waals surface area contributed by atoms with E-state index in [1.165, 1.54) is 6.42 Å². The number of halogens is 1. The molecule has 74 valence electrons. The molecule has 0 saturated heterocycles. The molecule has 1 N–H and O–H groups in total. The monoisotopic (exact) mass is 245 g/mol. The summed E-state index contributed by atoms with van der Waals surface area (Å²) in [6.07, 6.45) is 3.43. The van der Waals surface area contributed by atoms with Crippen LogP contribution in [-0.4, -0.2) is 15.2 Å². The number of hydrogen-bond donors (Lipinski definition) is 1. The van der Waals surface area contributed by atoms with Gasteiger partial charge in [-0.15, -0.1) is 0 Å². The molecule has 0 amide bonds. The van der Waals surface area contributed by atoms with E-state index in [0.29, 0.717) is 5.41 Å². The summed E-state index contributed by atoms with van der Waals surface area (Å²) in [4.78, 5) is 0. The van der Waals surface area contributed by atoms with Crippen LogP contribution in [0.1, 0.15) is 40.0 Å². The quantitative estimate of drug-likeness (QED) is 0.397. The molecule has 0 aromatic heterocycles. The second-order valence-corrected chi connectivity index (χ2v) is 6.79. The van der Waals surface area contributed by atoms with E-state index < -0.39 is 0 Å². The van der Waals surface area contributed by atoms with Crippen LogP contribution in [0.5, 0.6) is 0 Å². The summed E-state index contributed by atoms with van der Waals surface area (Å²) in [5, 5.41) is 12.6. The van der Waals surface area contributed by atoms with Crippen LogP contribution in [0.2, 0.25) is 0 Å². The van der Waals surface area contributed by atoms with E-state index in [1.54, 1.807) is 0 Å². The van der Waals surface area contributed by atoms with Crippen LogP contribution in [0.15, 0.2) is 5.16 Å². The topological polar surface area (TPSA) is 32.6 Å². The van der Waals surface area contributed by atoms with Gasteiger partial charge in [-0.1, -0.05) is 41.9 Å². The molecule has 2 bridgehead atoms. The highest BCUT2D eigenvalue weighted by Gasteiger charge is 2.65. The second-order valence-electron chi connectivity index (χ2n) is 5.28. The minimum Gasteiger partial charge on any atom is -0.411 e. The molecule has 2 aliphatic rings. The largest absolute Gasteiger partial charge is 0.411 e. The zero-order valence-corrected chi connectivity index (χ0v) is 9.98. The molecule has 2 aliphatic carbocycles. The van der Waals surface area contributed by atoms with E-state index in [0.717, 1.165) is 18.6 Å². The Morgan fingerprint density at radius 2 is 1.92 bits per heavy atom. The summed E-state index contributed by atoms with van der Waals surface area (Å²) >= 11 is 3.73. The first-order valence-electron chi connectivity index (χ1n) is 4.78. The molecule has 0 aromatic rings. The lowest BCUT2D eigenvalue weighted by Crippen LogP contribution is -2.41. The molecule has 2 saturated carbocycles. The Kier molecular flexibility index (Phi) is 1.68. The highest BCUT2D eigenvalue weighted by Crippen LogP contribution is 2.66. The van der Waals surface area contributed by atoms with Crippen molar-refractivity contribution in [2.45, 2.75) is 44.4 Å². The average Bonchev–Trinajstić information content (AvgIpc) is 2.35. The van der Waals surface area contributed by atoms with E-state index in [1.807, 2.05) is 0 Å². The van der Waals surface area contributed by atoms with E-state index >= 15 is 0 Å². The van der Waals surface area contributed by atoms with Gasteiger partial charge in [0.05, 0.1) is 10.0 Å². The van der Waals surface area contributed by atoms with Gasteiger partial charge in [0.25, 0.3) is 0 Å². The first kappa shape index (κ1) is 9.50. The first-order valence-corrected chi connectivity index (χ1v) is 5.57. The van der Waals surface area contributed by atoms with E-state index in [9.17, 15) is 0 Å². The Balaban J connectivity index is 2.54. The Hall–Kier alpha value is -0.0500.